The summed E-state index contributed by atoms with van der Waals surface area (Å²) in [6.45, 7) is 5.46. The molecular weight excluding hydrogens is 448 g/mol. The van der Waals surface area contributed by atoms with Crippen molar-refractivity contribution < 1.29 is 18.7 Å². The van der Waals surface area contributed by atoms with Gasteiger partial charge in [0.1, 0.15) is 24.1 Å². The molecule has 1 atom stereocenters. The Morgan fingerprint density at radius 3 is 2.66 bits per heavy atom. The highest BCUT2D eigenvalue weighted by molar-refractivity contribution is 6.01. The monoisotopic (exact) mass is 480 g/mol. The Labute approximate surface area is 204 Å². The summed E-state index contributed by atoms with van der Waals surface area (Å²) in [5.41, 5.74) is 1.48. The summed E-state index contributed by atoms with van der Waals surface area (Å²) in [6.07, 6.45) is 4.56. The van der Waals surface area contributed by atoms with E-state index in [1.165, 1.54) is 9.70 Å². The van der Waals surface area contributed by atoms with Crippen molar-refractivity contribution in [1.29, 1.82) is 0 Å². The van der Waals surface area contributed by atoms with E-state index in [4.69, 9.17) is 9.15 Å². The second-order valence-corrected chi connectivity index (χ2v) is 8.91. The first-order chi connectivity index (χ1) is 16.9. The molecule has 3 aromatic rings. The minimum atomic E-state index is -0.713. The first-order valence-corrected chi connectivity index (χ1v) is 12.0. The van der Waals surface area contributed by atoms with Gasteiger partial charge in [-0.25, -0.2) is 0 Å². The lowest BCUT2D eigenvalue weighted by atomic mass is 10.1. The average molecular weight is 481 g/mol. The molecule has 2 aromatic heterocycles. The Morgan fingerprint density at radius 1 is 1.23 bits per heavy atom. The lowest BCUT2D eigenvalue weighted by Crippen LogP contribution is -2.52. The Kier molecular flexibility index (Phi) is 7.48. The van der Waals surface area contributed by atoms with Gasteiger partial charge >= 0.3 is 0 Å². The normalized spacial score (nSPS) is 14.6. The molecule has 186 valence electrons. The van der Waals surface area contributed by atoms with Crippen LogP contribution in [-0.2, 0) is 16.1 Å². The summed E-state index contributed by atoms with van der Waals surface area (Å²) in [5, 5.41) is 15.5. The third-order valence-electron chi connectivity index (χ3n) is 6.26. The smallest absolute Gasteiger partial charge is 0.251 e. The molecule has 1 saturated carbocycles. The summed E-state index contributed by atoms with van der Waals surface area (Å²) >= 11 is 0. The van der Waals surface area contributed by atoms with Crippen LogP contribution in [0.3, 0.4) is 0 Å². The largest absolute Gasteiger partial charge is 0.495 e. The van der Waals surface area contributed by atoms with Gasteiger partial charge in [-0.15, -0.1) is 10.2 Å². The summed E-state index contributed by atoms with van der Waals surface area (Å²) in [4.78, 5) is 29.8. The zero-order valence-electron chi connectivity index (χ0n) is 20.7. The Balaban J connectivity index is 1.64. The number of methoxy groups -OCH3 is 1. The van der Waals surface area contributed by atoms with Crippen molar-refractivity contribution in [1.82, 2.24) is 25.5 Å². The van der Waals surface area contributed by atoms with Crippen LogP contribution in [0.4, 0.5) is 5.69 Å². The number of nitrogens with one attached hydrogen (secondary N) is 1. The fraction of sp³-hybridized carbons (Fsp3) is 0.480. The van der Waals surface area contributed by atoms with Gasteiger partial charge in [0, 0.05) is 6.04 Å². The minimum Gasteiger partial charge on any atom is -0.495 e. The SMILES string of the molecule is CC[C@H](C(=O)NC1CCCC1)N(C(=O)Cn1nnc(-c2ccc(C)o2)n1)c1cc(C)ccc1OC. The molecule has 1 aliphatic carbocycles. The number of anilines is 1. The number of rotatable bonds is 9. The van der Waals surface area contributed by atoms with Crippen molar-refractivity contribution in [2.45, 2.75) is 71.5 Å². The maximum atomic E-state index is 13.7. The molecule has 1 N–H and O–H groups in total. The molecule has 35 heavy (non-hydrogen) atoms. The fourth-order valence-corrected chi connectivity index (χ4v) is 4.48. The number of aryl methyl sites for hydroxylation is 2. The van der Waals surface area contributed by atoms with Crippen molar-refractivity contribution in [2.24, 2.45) is 0 Å². The van der Waals surface area contributed by atoms with E-state index in [1.807, 2.05) is 39.0 Å². The van der Waals surface area contributed by atoms with Gasteiger partial charge in [-0.2, -0.15) is 4.80 Å². The standard InChI is InChI=1S/C25H32N6O4/c1-5-19(25(33)26-18-8-6-7-9-18)31(20-14-16(2)10-12-21(20)34-4)23(32)15-30-28-24(27-29-30)22-13-11-17(3)35-22/h10-14,18-19H,5-9,15H2,1-4H3,(H,26,33)/t19-/m1/s1. The third-order valence-corrected chi connectivity index (χ3v) is 6.26. The molecule has 1 aromatic carbocycles. The van der Waals surface area contributed by atoms with Gasteiger partial charge in [0.05, 0.1) is 12.8 Å². The van der Waals surface area contributed by atoms with E-state index in [2.05, 4.69) is 20.7 Å². The van der Waals surface area contributed by atoms with Crippen molar-refractivity contribution in [3.05, 3.63) is 41.7 Å². The van der Waals surface area contributed by atoms with E-state index in [-0.39, 0.29) is 30.2 Å². The van der Waals surface area contributed by atoms with Crippen LogP contribution in [0.1, 0.15) is 50.4 Å². The first kappa shape index (κ1) is 24.4. The second-order valence-electron chi connectivity index (χ2n) is 8.91. The number of nitrogens with zero attached hydrogens (tertiary/aromatic N) is 5. The molecule has 1 fully saturated rings. The summed E-state index contributed by atoms with van der Waals surface area (Å²) in [6, 6.07) is 8.55. The number of benzene rings is 1. The zero-order chi connectivity index (χ0) is 24.9. The second kappa shape index (κ2) is 10.7. The number of carbonyl (C=O) groups excluding carboxylic acids is 2. The quantitative estimate of drug-likeness (QED) is 0.499. The van der Waals surface area contributed by atoms with Crippen molar-refractivity contribution in [3.63, 3.8) is 0 Å². The van der Waals surface area contributed by atoms with Gasteiger partial charge in [-0.3, -0.25) is 14.5 Å². The van der Waals surface area contributed by atoms with Crippen LogP contribution in [0.5, 0.6) is 5.75 Å². The zero-order valence-corrected chi connectivity index (χ0v) is 20.7. The molecule has 2 amide bonds. The van der Waals surface area contributed by atoms with Gasteiger partial charge in [-0.1, -0.05) is 25.8 Å². The van der Waals surface area contributed by atoms with Crippen LogP contribution >= 0.6 is 0 Å². The number of ether oxygens (including phenoxy) is 1. The van der Waals surface area contributed by atoms with Crippen LogP contribution in [0.15, 0.2) is 34.7 Å². The van der Waals surface area contributed by atoms with E-state index in [9.17, 15) is 9.59 Å². The van der Waals surface area contributed by atoms with Gasteiger partial charge in [-0.05, 0) is 68.2 Å². The van der Waals surface area contributed by atoms with Crippen LogP contribution in [0, 0.1) is 13.8 Å². The number of hydrogen-bond donors (Lipinski definition) is 1. The molecule has 0 aliphatic heterocycles. The predicted molar refractivity (Wildman–Crippen MR) is 130 cm³/mol. The van der Waals surface area contributed by atoms with E-state index in [0.29, 0.717) is 23.6 Å². The molecule has 0 radical (unpaired) electrons. The van der Waals surface area contributed by atoms with E-state index >= 15 is 0 Å². The highest BCUT2D eigenvalue weighted by Crippen LogP contribution is 2.32. The van der Waals surface area contributed by atoms with Crippen LogP contribution in [0.25, 0.3) is 11.6 Å². The highest BCUT2D eigenvalue weighted by Gasteiger charge is 2.34. The number of tetrazole rings is 1. The Morgan fingerprint density at radius 2 is 2.00 bits per heavy atom. The molecule has 10 heteroatoms. The number of hydrogen-bond acceptors (Lipinski definition) is 7. The molecule has 0 spiro atoms. The molecule has 1 aliphatic rings. The molecule has 0 unspecified atom stereocenters. The van der Waals surface area contributed by atoms with E-state index in [0.717, 1.165) is 37.0 Å². The van der Waals surface area contributed by atoms with Gasteiger partial charge in [0.25, 0.3) is 5.91 Å². The Hall–Kier alpha value is -3.69. The molecule has 2 heterocycles. The molecular formula is C25H32N6O4. The number of aromatic nitrogens is 4. The molecule has 0 bridgehead atoms. The number of amides is 2. The summed E-state index contributed by atoms with van der Waals surface area (Å²) in [7, 11) is 1.55. The van der Waals surface area contributed by atoms with E-state index < -0.39 is 6.04 Å². The Bertz CT molecular complexity index is 1180. The van der Waals surface area contributed by atoms with E-state index in [1.54, 1.807) is 19.2 Å². The fourth-order valence-electron chi connectivity index (χ4n) is 4.48. The van der Waals surface area contributed by atoms with Crippen molar-refractivity contribution in [3.8, 4) is 17.3 Å². The molecule has 4 rings (SSSR count). The third kappa shape index (κ3) is 5.52. The van der Waals surface area contributed by atoms with Crippen LogP contribution in [0.2, 0.25) is 0 Å². The van der Waals surface area contributed by atoms with Crippen molar-refractivity contribution in [2.75, 3.05) is 12.0 Å². The maximum Gasteiger partial charge on any atom is 0.251 e. The number of carbonyl (C=O) groups is 2. The summed E-state index contributed by atoms with van der Waals surface area (Å²) < 4.78 is 11.1. The van der Waals surface area contributed by atoms with Gasteiger partial charge in [0.15, 0.2) is 5.76 Å². The highest BCUT2D eigenvalue weighted by atomic mass is 16.5. The van der Waals surface area contributed by atoms with Crippen LogP contribution < -0.4 is 15.0 Å². The first-order valence-electron chi connectivity index (χ1n) is 12.0. The molecule has 0 saturated heterocycles. The number of furan rings is 1. The van der Waals surface area contributed by atoms with Crippen LogP contribution in [-0.4, -0.2) is 51.2 Å². The minimum absolute atomic E-state index is 0.143. The lowest BCUT2D eigenvalue weighted by Gasteiger charge is -2.32. The predicted octanol–water partition coefficient (Wildman–Crippen LogP) is 3.43. The lowest BCUT2D eigenvalue weighted by molar-refractivity contribution is -0.127. The van der Waals surface area contributed by atoms with Gasteiger partial charge < -0.3 is 14.5 Å². The molecule has 10 nitrogen and oxygen atoms in total. The maximum absolute atomic E-state index is 13.7. The van der Waals surface area contributed by atoms with Gasteiger partial charge in [0.2, 0.25) is 11.7 Å². The summed E-state index contributed by atoms with van der Waals surface area (Å²) in [5.74, 6) is 1.48. The van der Waals surface area contributed by atoms with Crippen molar-refractivity contribution >= 4 is 17.5 Å². The average Bonchev–Trinajstić information content (AvgIpc) is 3.60. The topological polar surface area (TPSA) is 115 Å².